The van der Waals surface area contributed by atoms with Crippen LogP contribution in [-0.4, -0.2) is 39.6 Å². The van der Waals surface area contributed by atoms with E-state index in [1.165, 1.54) is 0 Å². The maximum atomic E-state index is 12.0. The molecule has 4 nitrogen and oxygen atoms in total. The summed E-state index contributed by atoms with van der Waals surface area (Å²) >= 11 is 0. The molecular weight excluding hydrogens is 298 g/mol. The normalized spacial score (nSPS) is 12.0. The highest BCUT2D eigenvalue weighted by Crippen LogP contribution is 2.13. The van der Waals surface area contributed by atoms with E-state index >= 15 is 0 Å². The smallest absolute Gasteiger partial charge is 0.296 e. The lowest BCUT2D eigenvalue weighted by Crippen LogP contribution is -2.26. The Morgan fingerprint density at radius 1 is 0.955 bits per heavy atom. The highest BCUT2D eigenvalue weighted by molar-refractivity contribution is 7.86. The van der Waals surface area contributed by atoms with Crippen molar-refractivity contribution in [1.29, 1.82) is 0 Å². The van der Waals surface area contributed by atoms with Crippen molar-refractivity contribution in [3.8, 4) is 0 Å². The van der Waals surface area contributed by atoms with Gasteiger partial charge in [-0.3, -0.25) is 4.18 Å². The van der Waals surface area contributed by atoms with E-state index < -0.39 is 10.1 Å². The fraction of sp³-hybridized carbons (Fsp3) is 0.647. The third-order valence-electron chi connectivity index (χ3n) is 3.50. The summed E-state index contributed by atoms with van der Waals surface area (Å²) in [5.74, 6) is 0. The molecule has 126 valence electrons. The van der Waals surface area contributed by atoms with Crippen LogP contribution in [0.5, 0.6) is 0 Å². The Hall–Kier alpha value is -0.910. The maximum Gasteiger partial charge on any atom is 0.296 e. The van der Waals surface area contributed by atoms with Crippen LogP contribution in [0.2, 0.25) is 0 Å². The van der Waals surface area contributed by atoms with E-state index in [0.717, 1.165) is 50.9 Å². The minimum atomic E-state index is -3.61. The summed E-state index contributed by atoms with van der Waals surface area (Å²) in [4.78, 5) is 2.66. The van der Waals surface area contributed by atoms with Crippen LogP contribution in [0, 0.1) is 6.92 Å². The van der Waals surface area contributed by atoms with Gasteiger partial charge in [-0.05, 0) is 64.4 Å². The van der Waals surface area contributed by atoms with Crippen molar-refractivity contribution in [3.05, 3.63) is 29.8 Å². The van der Waals surface area contributed by atoms with Crippen molar-refractivity contribution in [1.82, 2.24) is 4.90 Å². The Balaban J connectivity index is 2.32. The Bertz CT molecular complexity index is 505. The molecular formula is C17H29NO3S. The van der Waals surface area contributed by atoms with Gasteiger partial charge in [0.25, 0.3) is 10.1 Å². The van der Waals surface area contributed by atoms with Crippen LogP contribution >= 0.6 is 0 Å². The molecule has 0 amide bonds. The molecule has 0 atom stereocenters. The maximum absolute atomic E-state index is 12.0. The van der Waals surface area contributed by atoms with E-state index in [4.69, 9.17) is 4.18 Å². The van der Waals surface area contributed by atoms with Gasteiger partial charge in [-0.15, -0.1) is 0 Å². The van der Waals surface area contributed by atoms with Crippen LogP contribution in [0.4, 0.5) is 0 Å². The lowest BCUT2D eigenvalue weighted by atomic mass is 10.2. The predicted molar refractivity (Wildman–Crippen MR) is 90.6 cm³/mol. The number of hydrogen-bond donors (Lipinski definition) is 0. The molecule has 0 aliphatic carbocycles. The quantitative estimate of drug-likeness (QED) is 0.460. The molecule has 1 rings (SSSR count). The number of benzene rings is 1. The van der Waals surface area contributed by atoms with E-state index in [1.807, 2.05) is 6.92 Å². The zero-order valence-corrected chi connectivity index (χ0v) is 14.9. The van der Waals surface area contributed by atoms with Crippen molar-refractivity contribution < 1.29 is 12.6 Å². The summed E-state index contributed by atoms with van der Waals surface area (Å²) < 4.78 is 29.1. The van der Waals surface area contributed by atoms with Crippen LogP contribution in [-0.2, 0) is 14.3 Å². The van der Waals surface area contributed by atoms with Gasteiger partial charge in [-0.25, -0.2) is 0 Å². The van der Waals surface area contributed by atoms with Gasteiger partial charge >= 0.3 is 0 Å². The second-order valence-corrected chi connectivity index (χ2v) is 7.25. The predicted octanol–water partition coefficient (Wildman–Crippen LogP) is 3.60. The minimum Gasteiger partial charge on any atom is -0.303 e. The van der Waals surface area contributed by atoms with E-state index in [2.05, 4.69) is 18.7 Å². The Kier molecular flexibility index (Phi) is 8.68. The van der Waals surface area contributed by atoms with E-state index in [-0.39, 0.29) is 11.5 Å². The standard InChI is InChI=1S/C17H29NO3S/c1-4-12-18(13-5-2)14-6-7-15-21-22(19,20)17-10-8-16(3)9-11-17/h8-11H,4-7,12-15H2,1-3H3. The highest BCUT2D eigenvalue weighted by Gasteiger charge is 2.14. The average Bonchev–Trinajstić information content (AvgIpc) is 2.47. The van der Waals surface area contributed by atoms with Gasteiger partial charge in [-0.1, -0.05) is 31.5 Å². The van der Waals surface area contributed by atoms with Crippen molar-refractivity contribution in [2.24, 2.45) is 0 Å². The largest absolute Gasteiger partial charge is 0.303 e. The summed E-state index contributed by atoms with van der Waals surface area (Å²) in [6.07, 6.45) is 4.02. The van der Waals surface area contributed by atoms with Gasteiger partial charge in [0.15, 0.2) is 0 Å². The van der Waals surface area contributed by atoms with Gasteiger partial charge < -0.3 is 4.90 Å². The highest BCUT2D eigenvalue weighted by atomic mass is 32.2. The van der Waals surface area contributed by atoms with Crippen molar-refractivity contribution >= 4 is 10.1 Å². The summed E-state index contributed by atoms with van der Waals surface area (Å²) in [7, 11) is -3.61. The summed E-state index contributed by atoms with van der Waals surface area (Å²) in [5, 5.41) is 0. The second-order valence-electron chi connectivity index (χ2n) is 5.64. The fourth-order valence-corrected chi connectivity index (χ4v) is 3.29. The minimum absolute atomic E-state index is 0.233. The average molecular weight is 327 g/mol. The van der Waals surface area contributed by atoms with Gasteiger partial charge in [0.05, 0.1) is 11.5 Å². The Morgan fingerprint density at radius 2 is 1.55 bits per heavy atom. The number of rotatable bonds is 11. The first-order valence-corrected chi connectivity index (χ1v) is 9.59. The van der Waals surface area contributed by atoms with Gasteiger partial charge in [0, 0.05) is 0 Å². The number of hydrogen-bond acceptors (Lipinski definition) is 4. The molecule has 0 aliphatic heterocycles. The second kappa shape index (κ2) is 9.98. The monoisotopic (exact) mass is 327 g/mol. The van der Waals surface area contributed by atoms with Crippen molar-refractivity contribution in [3.63, 3.8) is 0 Å². The molecule has 0 saturated heterocycles. The summed E-state index contributed by atoms with van der Waals surface area (Å²) in [5.41, 5.74) is 1.03. The molecule has 1 aromatic rings. The van der Waals surface area contributed by atoms with Crippen LogP contribution in [0.25, 0.3) is 0 Å². The van der Waals surface area contributed by atoms with Crippen LogP contribution < -0.4 is 0 Å². The molecule has 0 fully saturated rings. The van der Waals surface area contributed by atoms with Crippen LogP contribution in [0.15, 0.2) is 29.2 Å². The third kappa shape index (κ3) is 6.90. The fourth-order valence-electron chi connectivity index (χ4n) is 2.35. The van der Waals surface area contributed by atoms with Gasteiger partial charge in [0.2, 0.25) is 0 Å². The first-order valence-electron chi connectivity index (χ1n) is 8.18. The molecule has 0 heterocycles. The number of nitrogens with zero attached hydrogens (tertiary/aromatic N) is 1. The molecule has 0 saturated carbocycles. The molecule has 0 radical (unpaired) electrons. The van der Waals surface area contributed by atoms with Crippen molar-refractivity contribution in [2.75, 3.05) is 26.2 Å². The Morgan fingerprint density at radius 3 is 2.09 bits per heavy atom. The van der Waals surface area contributed by atoms with Gasteiger partial charge in [-0.2, -0.15) is 8.42 Å². The Labute approximate surface area is 135 Å². The zero-order chi connectivity index (χ0) is 16.4. The molecule has 0 N–H and O–H groups in total. The molecule has 0 unspecified atom stereocenters. The lowest BCUT2D eigenvalue weighted by Gasteiger charge is -2.20. The molecule has 0 bridgehead atoms. The zero-order valence-electron chi connectivity index (χ0n) is 14.0. The van der Waals surface area contributed by atoms with E-state index in [0.29, 0.717) is 0 Å². The first kappa shape index (κ1) is 19.1. The van der Waals surface area contributed by atoms with Crippen LogP contribution in [0.3, 0.4) is 0 Å². The molecule has 0 aromatic heterocycles. The molecule has 0 aliphatic rings. The topological polar surface area (TPSA) is 46.6 Å². The molecule has 5 heteroatoms. The SMILES string of the molecule is CCCN(CCC)CCCCOS(=O)(=O)c1ccc(C)cc1. The molecule has 0 spiro atoms. The third-order valence-corrected chi connectivity index (χ3v) is 4.82. The van der Waals surface area contributed by atoms with Gasteiger partial charge in [0.1, 0.15) is 0 Å². The number of unbranched alkanes of at least 4 members (excludes halogenated alkanes) is 1. The lowest BCUT2D eigenvalue weighted by molar-refractivity contribution is 0.251. The van der Waals surface area contributed by atoms with E-state index in [9.17, 15) is 8.42 Å². The first-order chi connectivity index (χ1) is 10.5. The molecule has 22 heavy (non-hydrogen) atoms. The summed E-state index contributed by atoms with van der Waals surface area (Å²) in [6.45, 7) is 9.76. The van der Waals surface area contributed by atoms with Crippen molar-refractivity contribution in [2.45, 2.75) is 51.3 Å². The van der Waals surface area contributed by atoms with Crippen LogP contribution in [0.1, 0.15) is 45.1 Å². The summed E-state index contributed by atoms with van der Waals surface area (Å²) in [6, 6.07) is 6.75. The molecule has 1 aromatic carbocycles. The number of aryl methyl sites for hydroxylation is 1. The van der Waals surface area contributed by atoms with E-state index in [1.54, 1.807) is 24.3 Å².